The summed E-state index contributed by atoms with van der Waals surface area (Å²) in [5, 5.41) is 8.88. The number of nitrogens with zero attached hydrogens (tertiary/aromatic N) is 4. The first-order valence-corrected chi connectivity index (χ1v) is 8.26. The van der Waals surface area contributed by atoms with E-state index >= 15 is 0 Å². The molecule has 0 aliphatic carbocycles. The molecule has 0 N–H and O–H groups in total. The highest BCUT2D eigenvalue weighted by atomic mass is 35.5. The molecule has 2 aromatic rings. The van der Waals surface area contributed by atoms with Crippen LogP contribution in [0.25, 0.3) is 11.3 Å². The van der Waals surface area contributed by atoms with Gasteiger partial charge in [-0.2, -0.15) is 0 Å². The second-order valence-corrected chi connectivity index (χ2v) is 7.30. The molecular formula is C17H21ClN4O2. The third-order valence-corrected chi connectivity index (χ3v) is 4.58. The molecule has 1 amide bonds. The number of halogens is 1. The summed E-state index contributed by atoms with van der Waals surface area (Å²) in [5.74, 6) is 0.766. The normalized spacial score (nSPS) is 18.3. The first kappa shape index (κ1) is 16.8. The summed E-state index contributed by atoms with van der Waals surface area (Å²) in [6, 6.07) is 5.09. The summed E-state index contributed by atoms with van der Waals surface area (Å²) in [6.07, 6.45) is 2.51. The molecule has 1 unspecified atom stereocenters. The lowest BCUT2D eigenvalue weighted by atomic mass is 10.1. The van der Waals surface area contributed by atoms with E-state index in [1.807, 2.05) is 37.8 Å². The van der Waals surface area contributed by atoms with Crippen LogP contribution in [0, 0.1) is 0 Å². The molecule has 7 heteroatoms. The average Bonchev–Trinajstić information content (AvgIpc) is 3.12. The van der Waals surface area contributed by atoms with Crippen LogP contribution in [0.15, 0.2) is 24.4 Å². The van der Waals surface area contributed by atoms with Gasteiger partial charge in [-0.1, -0.05) is 16.8 Å². The first-order valence-electron chi connectivity index (χ1n) is 7.88. The zero-order valence-electron chi connectivity index (χ0n) is 14.3. The highest BCUT2D eigenvalue weighted by molar-refractivity contribution is 6.33. The van der Waals surface area contributed by atoms with Crippen LogP contribution in [-0.2, 0) is 4.79 Å². The van der Waals surface area contributed by atoms with E-state index in [0.717, 1.165) is 18.5 Å². The number of amides is 1. The van der Waals surface area contributed by atoms with E-state index in [4.69, 9.17) is 16.3 Å². The molecule has 128 valence electrons. The molecule has 3 rings (SSSR count). The summed E-state index contributed by atoms with van der Waals surface area (Å²) in [4.78, 5) is 14.5. The van der Waals surface area contributed by atoms with Gasteiger partial charge in [0, 0.05) is 17.6 Å². The quantitative estimate of drug-likeness (QED) is 0.854. The van der Waals surface area contributed by atoms with Gasteiger partial charge in [-0.25, -0.2) is 4.68 Å². The molecule has 1 saturated heterocycles. The summed E-state index contributed by atoms with van der Waals surface area (Å²) >= 11 is 6.29. The fraction of sp³-hybridized carbons (Fsp3) is 0.471. The van der Waals surface area contributed by atoms with Gasteiger partial charge in [0.25, 0.3) is 0 Å². The molecule has 0 radical (unpaired) electrons. The Morgan fingerprint density at radius 2 is 2.08 bits per heavy atom. The number of carbonyl (C=O) groups excluding carboxylic acids is 1. The van der Waals surface area contributed by atoms with Gasteiger partial charge in [0.15, 0.2) is 0 Å². The zero-order chi connectivity index (χ0) is 17.5. The zero-order valence-corrected chi connectivity index (χ0v) is 15.0. The second-order valence-electron chi connectivity index (χ2n) is 6.89. The first-order chi connectivity index (χ1) is 11.3. The minimum Gasteiger partial charge on any atom is -0.497 e. The number of hydrogen-bond donors (Lipinski definition) is 0. The van der Waals surface area contributed by atoms with E-state index in [1.54, 1.807) is 24.1 Å². The van der Waals surface area contributed by atoms with Crippen LogP contribution in [0.5, 0.6) is 5.75 Å². The van der Waals surface area contributed by atoms with Crippen molar-refractivity contribution in [2.75, 3.05) is 13.7 Å². The number of hydrogen-bond acceptors (Lipinski definition) is 4. The van der Waals surface area contributed by atoms with Gasteiger partial charge in [0.2, 0.25) is 5.91 Å². The van der Waals surface area contributed by atoms with Gasteiger partial charge in [0.05, 0.1) is 18.3 Å². The Labute approximate surface area is 146 Å². The van der Waals surface area contributed by atoms with Crippen molar-refractivity contribution in [3.05, 3.63) is 29.4 Å². The number of aromatic nitrogens is 3. The van der Waals surface area contributed by atoms with Crippen LogP contribution in [0.4, 0.5) is 0 Å². The molecule has 1 fully saturated rings. The monoisotopic (exact) mass is 348 g/mol. The van der Waals surface area contributed by atoms with Crippen LogP contribution in [-0.4, -0.2) is 45.0 Å². The summed E-state index contributed by atoms with van der Waals surface area (Å²) < 4.78 is 6.80. The van der Waals surface area contributed by atoms with Crippen LogP contribution in [0.3, 0.4) is 0 Å². The van der Waals surface area contributed by atoms with Crippen LogP contribution in [0.2, 0.25) is 5.02 Å². The number of likely N-dealkylation sites (tertiary alicyclic amines) is 1. The largest absolute Gasteiger partial charge is 0.497 e. The standard InChI is InChI=1S/C17H21ClN4O2/c1-17(2,3)21-8-7-15(16(21)23)22-10-14(19-20-22)12-6-5-11(24-4)9-13(12)18/h5-6,9-10,15H,7-8H2,1-4H3. The molecule has 1 aromatic heterocycles. The molecule has 0 saturated carbocycles. The van der Waals surface area contributed by atoms with E-state index in [1.165, 1.54) is 0 Å². The lowest BCUT2D eigenvalue weighted by molar-refractivity contribution is -0.134. The third-order valence-electron chi connectivity index (χ3n) is 4.27. The number of rotatable bonds is 3. The van der Waals surface area contributed by atoms with Gasteiger partial charge < -0.3 is 9.64 Å². The third kappa shape index (κ3) is 2.98. The Morgan fingerprint density at radius 3 is 2.67 bits per heavy atom. The SMILES string of the molecule is COc1ccc(-c2cn(C3CCN(C(C)(C)C)C3=O)nn2)c(Cl)c1. The van der Waals surface area contributed by atoms with E-state index in [-0.39, 0.29) is 17.5 Å². The molecular weight excluding hydrogens is 328 g/mol. The highest BCUT2D eigenvalue weighted by Crippen LogP contribution is 2.32. The Kier molecular flexibility index (Phi) is 4.25. The highest BCUT2D eigenvalue weighted by Gasteiger charge is 2.39. The van der Waals surface area contributed by atoms with Crippen LogP contribution < -0.4 is 4.74 Å². The second kappa shape index (κ2) is 6.09. The number of methoxy groups -OCH3 is 1. The van der Waals surface area contributed by atoms with Crippen LogP contribution >= 0.6 is 11.6 Å². The summed E-state index contributed by atoms with van der Waals surface area (Å²) in [7, 11) is 1.59. The fourth-order valence-electron chi connectivity index (χ4n) is 2.96. The van der Waals surface area contributed by atoms with E-state index in [0.29, 0.717) is 16.5 Å². The molecule has 1 aliphatic heterocycles. The van der Waals surface area contributed by atoms with Gasteiger partial charge in [-0.05, 0) is 45.4 Å². The maximum absolute atomic E-state index is 12.6. The van der Waals surface area contributed by atoms with Crippen molar-refractivity contribution >= 4 is 17.5 Å². The Hall–Kier alpha value is -2.08. The molecule has 0 spiro atoms. The average molecular weight is 349 g/mol. The van der Waals surface area contributed by atoms with Gasteiger partial charge in [0.1, 0.15) is 17.5 Å². The van der Waals surface area contributed by atoms with Crippen molar-refractivity contribution in [1.29, 1.82) is 0 Å². The molecule has 0 bridgehead atoms. The molecule has 6 nitrogen and oxygen atoms in total. The fourth-order valence-corrected chi connectivity index (χ4v) is 3.23. The van der Waals surface area contributed by atoms with Crippen molar-refractivity contribution in [3.63, 3.8) is 0 Å². The number of ether oxygens (including phenoxy) is 1. The van der Waals surface area contributed by atoms with Crippen molar-refractivity contribution < 1.29 is 9.53 Å². The predicted octanol–water partition coefficient (Wildman–Crippen LogP) is 3.18. The molecule has 1 aliphatic rings. The molecule has 24 heavy (non-hydrogen) atoms. The molecule has 1 aromatic carbocycles. The van der Waals surface area contributed by atoms with Gasteiger partial charge >= 0.3 is 0 Å². The van der Waals surface area contributed by atoms with Crippen molar-refractivity contribution in [2.45, 2.75) is 38.8 Å². The maximum Gasteiger partial charge on any atom is 0.248 e. The summed E-state index contributed by atoms with van der Waals surface area (Å²) in [6.45, 7) is 6.84. The topological polar surface area (TPSA) is 60.2 Å². The van der Waals surface area contributed by atoms with Crippen molar-refractivity contribution in [2.24, 2.45) is 0 Å². The van der Waals surface area contributed by atoms with Gasteiger partial charge in [-0.15, -0.1) is 5.10 Å². The van der Waals surface area contributed by atoms with Gasteiger partial charge in [-0.3, -0.25) is 4.79 Å². The van der Waals surface area contributed by atoms with E-state index in [2.05, 4.69) is 10.3 Å². The molecule has 2 heterocycles. The Morgan fingerprint density at radius 1 is 1.33 bits per heavy atom. The lowest BCUT2D eigenvalue weighted by Gasteiger charge is -2.31. The van der Waals surface area contributed by atoms with Crippen molar-refractivity contribution in [3.8, 4) is 17.0 Å². The minimum atomic E-state index is -0.303. The Bertz CT molecular complexity index is 766. The Balaban J connectivity index is 1.86. The van der Waals surface area contributed by atoms with Crippen LogP contribution in [0.1, 0.15) is 33.2 Å². The smallest absolute Gasteiger partial charge is 0.248 e. The number of carbonyl (C=O) groups is 1. The van der Waals surface area contributed by atoms with E-state index in [9.17, 15) is 4.79 Å². The van der Waals surface area contributed by atoms with Crippen molar-refractivity contribution in [1.82, 2.24) is 19.9 Å². The summed E-state index contributed by atoms with van der Waals surface area (Å²) in [5.41, 5.74) is 1.22. The maximum atomic E-state index is 12.6. The lowest BCUT2D eigenvalue weighted by Crippen LogP contribution is -2.43. The van der Waals surface area contributed by atoms with E-state index < -0.39 is 0 Å². The minimum absolute atomic E-state index is 0.0831. The predicted molar refractivity (Wildman–Crippen MR) is 92.1 cm³/mol. The molecule has 1 atom stereocenters. The number of benzene rings is 1.